The minimum Gasteiger partial charge on any atom is -0.618 e. The van der Waals surface area contributed by atoms with Crippen molar-refractivity contribution in [2.45, 2.75) is 46.1 Å². The van der Waals surface area contributed by atoms with Crippen LogP contribution in [0.3, 0.4) is 0 Å². The number of tetrazole rings is 1. The van der Waals surface area contributed by atoms with Gasteiger partial charge in [0.15, 0.2) is 11.4 Å². The molecule has 5 rings (SSSR count). The summed E-state index contributed by atoms with van der Waals surface area (Å²) in [7, 11) is 0. The van der Waals surface area contributed by atoms with Crippen molar-refractivity contribution in [3.05, 3.63) is 82.3 Å². The monoisotopic (exact) mass is 454 g/mol. The van der Waals surface area contributed by atoms with Gasteiger partial charge in [0.25, 0.3) is 0 Å². The lowest BCUT2D eigenvalue weighted by Gasteiger charge is -2.30. The van der Waals surface area contributed by atoms with E-state index >= 15 is 0 Å². The summed E-state index contributed by atoms with van der Waals surface area (Å²) in [5.41, 5.74) is 7.32. The van der Waals surface area contributed by atoms with E-state index in [9.17, 15) is 10.0 Å². The zero-order valence-electron chi connectivity index (χ0n) is 19.3. The van der Waals surface area contributed by atoms with Crippen molar-refractivity contribution < 1.29 is 9.52 Å². The molecule has 2 aromatic heterocycles. The molecule has 1 N–H and O–H groups in total. The van der Waals surface area contributed by atoms with Crippen molar-refractivity contribution in [1.29, 1.82) is 0 Å². The van der Waals surface area contributed by atoms with Gasteiger partial charge < -0.3 is 10.1 Å². The van der Waals surface area contributed by atoms with Crippen LogP contribution in [0.5, 0.6) is 0 Å². The first kappa shape index (κ1) is 21.8. The van der Waals surface area contributed by atoms with E-state index in [2.05, 4.69) is 32.8 Å². The predicted octanol–water partition coefficient (Wildman–Crippen LogP) is 3.77. The van der Waals surface area contributed by atoms with Crippen LogP contribution in [0.2, 0.25) is 0 Å². The summed E-state index contributed by atoms with van der Waals surface area (Å²) in [6.07, 6.45) is 2.31. The molecule has 0 atom stereocenters. The normalized spacial score (nSPS) is 13.2. The van der Waals surface area contributed by atoms with E-state index in [1.807, 2.05) is 61.2 Å². The summed E-state index contributed by atoms with van der Waals surface area (Å²) < 4.78 is 1.06. The zero-order chi connectivity index (χ0) is 23.7. The highest BCUT2D eigenvalue weighted by Gasteiger charge is 2.31. The number of benzene rings is 2. The van der Waals surface area contributed by atoms with Gasteiger partial charge in [0.1, 0.15) is 0 Å². The molecule has 1 amide bonds. The lowest BCUT2D eigenvalue weighted by molar-refractivity contribution is -0.622. The fraction of sp³-hybridized carbons (Fsp3) is 0.269. The number of aromatic nitrogens is 5. The molecule has 0 radical (unpaired) electrons. The average Bonchev–Trinajstić information content (AvgIpc) is 3.41. The summed E-state index contributed by atoms with van der Waals surface area (Å²) in [6.45, 7) is 4.43. The highest BCUT2D eigenvalue weighted by atomic mass is 16.5. The molecule has 2 aromatic carbocycles. The molecule has 0 bridgehead atoms. The van der Waals surface area contributed by atoms with Crippen LogP contribution >= 0.6 is 0 Å². The number of carbonyl (C=O) groups is 1. The second-order valence-corrected chi connectivity index (χ2v) is 8.41. The molecule has 1 aliphatic heterocycles. The number of pyridine rings is 1. The largest absolute Gasteiger partial charge is 0.618 e. The van der Waals surface area contributed by atoms with E-state index in [1.54, 1.807) is 0 Å². The van der Waals surface area contributed by atoms with Gasteiger partial charge in [0.2, 0.25) is 11.7 Å². The second-order valence-electron chi connectivity index (χ2n) is 8.41. The Morgan fingerprint density at radius 2 is 1.79 bits per heavy atom. The van der Waals surface area contributed by atoms with Crippen LogP contribution in [0, 0.1) is 5.21 Å². The summed E-state index contributed by atoms with van der Waals surface area (Å²) >= 11 is 0. The van der Waals surface area contributed by atoms with E-state index in [4.69, 9.17) is 0 Å². The molecule has 0 aliphatic carbocycles. The van der Waals surface area contributed by atoms with E-state index in [0.717, 1.165) is 43.9 Å². The minimum atomic E-state index is 0.0896. The van der Waals surface area contributed by atoms with Crippen molar-refractivity contribution in [3.8, 4) is 22.5 Å². The van der Waals surface area contributed by atoms with Gasteiger partial charge in [0.05, 0.1) is 12.2 Å². The number of nitrogens with one attached hydrogen (secondary N) is 1. The van der Waals surface area contributed by atoms with Crippen molar-refractivity contribution in [1.82, 2.24) is 20.6 Å². The van der Waals surface area contributed by atoms with E-state index < -0.39 is 0 Å². The summed E-state index contributed by atoms with van der Waals surface area (Å²) in [5.74, 6) is 0.635. The number of aromatic amines is 1. The van der Waals surface area contributed by atoms with Gasteiger partial charge in [-0.1, -0.05) is 62.4 Å². The molecular weight excluding hydrogens is 428 g/mol. The molecular formula is C26H26N6O2. The highest BCUT2D eigenvalue weighted by Crippen LogP contribution is 2.33. The van der Waals surface area contributed by atoms with Crippen molar-refractivity contribution in [2.24, 2.45) is 0 Å². The van der Waals surface area contributed by atoms with Crippen molar-refractivity contribution in [3.63, 3.8) is 0 Å². The average molecular weight is 455 g/mol. The number of amides is 1. The Bertz CT molecular complexity index is 1330. The summed E-state index contributed by atoms with van der Waals surface area (Å²) in [6, 6.07) is 18.0. The van der Waals surface area contributed by atoms with Crippen LogP contribution in [0.1, 0.15) is 42.8 Å². The Morgan fingerprint density at radius 1 is 1.03 bits per heavy atom. The maximum absolute atomic E-state index is 12.9. The number of hydrogen-bond acceptors (Lipinski definition) is 5. The molecule has 0 unspecified atom stereocenters. The Balaban J connectivity index is 1.47. The Labute approximate surface area is 197 Å². The van der Waals surface area contributed by atoms with Gasteiger partial charge in [-0.05, 0) is 28.3 Å². The first-order valence-corrected chi connectivity index (χ1v) is 11.6. The molecule has 3 heterocycles. The molecule has 4 aromatic rings. The molecule has 172 valence electrons. The topological polar surface area (TPSA) is 102 Å². The molecule has 34 heavy (non-hydrogen) atoms. The molecule has 8 heteroatoms. The quantitative estimate of drug-likeness (QED) is 0.353. The molecule has 1 aliphatic rings. The molecule has 8 nitrogen and oxygen atoms in total. The fourth-order valence-electron chi connectivity index (χ4n) is 4.72. The van der Waals surface area contributed by atoms with Crippen LogP contribution in [0.25, 0.3) is 22.5 Å². The van der Waals surface area contributed by atoms with Crippen LogP contribution < -0.4 is 9.63 Å². The third kappa shape index (κ3) is 3.81. The standard InChI is InChI=1S/C26H26N6O2/c1-3-19-15-24-22(23(4-2)32(19)34)13-14-25(33)31(24)16-17-9-11-18(12-10-17)20-7-5-6-8-21(20)26-27-29-30-28-26/h5-12,15H,3-4,13-14,16H2,1-2H3,(H,27,28,29,30). The fourth-order valence-corrected chi connectivity index (χ4v) is 4.72. The Kier molecular flexibility index (Phi) is 5.79. The van der Waals surface area contributed by atoms with Gasteiger partial charge in [-0.3, -0.25) is 4.79 Å². The number of fused-ring (bicyclic) bond motifs is 1. The smallest absolute Gasteiger partial charge is 0.227 e. The van der Waals surface area contributed by atoms with E-state index in [0.29, 0.717) is 43.7 Å². The summed E-state index contributed by atoms with van der Waals surface area (Å²) in [5, 5.41) is 27.1. The number of hydrogen-bond donors (Lipinski definition) is 1. The predicted molar refractivity (Wildman–Crippen MR) is 129 cm³/mol. The van der Waals surface area contributed by atoms with Gasteiger partial charge >= 0.3 is 0 Å². The van der Waals surface area contributed by atoms with Gasteiger partial charge in [-0.2, -0.15) is 9.94 Å². The number of rotatable bonds is 6. The maximum Gasteiger partial charge on any atom is 0.227 e. The maximum atomic E-state index is 12.9. The highest BCUT2D eigenvalue weighted by molar-refractivity contribution is 5.96. The van der Waals surface area contributed by atoms with Crippen LogP contribution in [0.4, 0.5) is 5.69 Å². The zero-order valence-corrected chi connectivity index (χ0v) is 19.3. The number of H-pyrrole nitrogens is 1. The molecule has 0 spiro atoms. The van der Waals surface area contributed by atoms with E-state index in [1.165, 1.54) is 0 Å². The lowest BCUT2D eigenvalue weighted by Crippen LogP contribution is -2.42. The van der Waals surface area contributed by atoms with Crippen LogP contribution in [-0.4, -0.2) is 26.5 Å². The number of aryl methyl sites for hydroxylation is 1. The Morgan fingerprint density at radius 3 is 2.47 bits per heavy atom. The molecule has 0 saturated carbocycles. The lowest BCUT2D eigenvalue weighted by atomic mass is 9.96. The minimum absolute atomic E-state index is 0.0896. The van der Waals surface area contributed by atoms with Gasteiger partial charge in [-0.15, -0.1) is 10.2 Å². The second kappa shape index (κ2) is 9.05. The third-order valence-electron chi connectivity index (χ3n) is 6.46. The number of carbonyl (C=O) groups excluding carboxylic acids is 1. The van der Waals surface area contributed by atoms with Crippen LogP contribution in [-0.2, 0) is 30.6 Å². The van der Waals surface area contributed by atoms with Crippen LogP contribution in [0.15, 0.2) is 54.6 Å². The van der Waals surface area contributed by atoms with Gasteiger partial charge in [0, 0.05) is 36.5 Å². The number of nitrogens with zero attached hydrogens (tertiary/aromatic N) is 5. The van der Waals surface area contributed by atoms with Crippen molar-refractivity contribution in [2.75, 3.05) is 4.90 Å². The van der Waals surface area contributed by atoms with Gasteiger partial charge in [-0.25, -0.2) is 0 Å². The SMILES string of the molecule is CCc1cc2c(c(CC)[n+]1[O-])CCC(=O)N2Cc1ccc(-c2ccccc2-c2nn[nH]n2)cc1. The van der Waals surface area contributed by atoms with E-state index in [-0.39, 0.29) is 5.91 Å². The first-order chi connectivity index (χ1) is 16.6. The Hall–Kier alpha value is -4.07. The third-order valence-corrected chi connectivity index (χ3v) is 6.46. The van der Waals surface area contributed by atoms with Crippen molar-refractivity contribution >= 4 is 11.6 Å². The molecule has 0 saturated heterocycles. The summed E-state index contributed by atoms with van der Waals surface area (Å²) in [4.78, 5) is 14.8. The first-order valence-electron chi connectivity index (χ1n) is 11.6. The number of anilines is 1. The molecule has 0 fully saturated rings.